The standard InChI is InChI=1S/C18H19Cl2NO3/c1-11-4-5-12(8-13(11)19)6-7-18(22)21-15-10-16(23-2)14(20)9-17(15)24-3/h4-5,8-10H,6-7H2,1-3H3,(H,21,22). The zero-order chi connectivity index (χ0) is 17.7. The summed E-state index contributed by atoms with van der Waals surface area (Å²) >= 11 is 12.2. The largest absolute Gasteiger partial charge is 0.495 e. The molecule has 1 amide bonds. The van der Waals surface area contributed by atoms with E-state index in [4.69, 9.17) is 32.7 Å². The second kappa shape index (κ2) is 8.27. The van der Waals surface area contributed by atoms with E-state index in [0.717, 1.165) is 11.1 Å². The maximum Gasteiger partial charge on any atom is 0.224 e. The third-order valence-corrected chi connectivity index (χ3v) is 4.33. The van der Waals surface area contributed by atoms with Gasteiger partial charge in [-0.3, -0.25) is 4.79 Å². The SMILES string of the molecule is COc1cc(NC(=O)CCc2ccc(C)c(Cl)c2)c(OC)cc1Cl. The number of halogens is 2. The molecule has 0 saturated heterocycles. The van der Waals surface area contributed by atoms with Gasteiger partial charge in [0.1, 0.15) is 11.5 Å². The average molecular weight is 368 g/mol. The molecule has 0 aliphatic carbocycles. The molecule has 1 N–H and O–H groups in total. The third kappa shape index (κ3) is 4.56. The molecule has 0 spiro atoms. The molecule has 0 aromatic heterocycles. The van der Waals surface area contributed by atoms with Crippen molar-refractivity contribution >= 4 is 34.8 Å². The molecule has 0 saturated carbocycles. The normalized spacial score (nSPS) is 10.4. The molecule has 0 heterocycles. The van der Waals surface area contributed by atoms with Crippen LogP contribution in [0, 0.1) is 6.92 Å². The van der Waals surface area contributed by atoms with Crippen molar-refractivity contribution in [1.82, 2.24) is 0 Å². The second-order valence-electron chi connectivity index (χ2n) is 5.32. The van der Waals surface area contributed by atoms with Crippen LogP contribution in [0.2, 0.25) is 10.0 Å². The van der Waals surface area contributed by atoms with Crippen LogP contribution in [0.3, 0.4) is 0 Å². The quantitative estimate of drug-likeness (QED) is 0.790. The third-order valence-electron chi connectivity index (χ3n) is 3.62. The summed E-state index contributed by atoms with van der Waals surface area (Å²) in [5, 5.41) is 3.95. The molecule has 24 heavy (non-hydrogen) atoms. The molecule has 128 valence electrons. The maximum absolute atomic E-state index is 12.2. The first kappa shape index (κ1) is 18.4. The smallest absolute Gasteiger partial charge is 0.224 e. The number of carbonyl (C=O) groups excluding carboxylic acids is 1. The highest BCUT2D eigenvalue weighted by Crippen LogP contribution is 2.35. The summed E-state index contributed by atoms with van der Waals surface area (Å²) in [5.74, 6) is 0.819. The van der Waals surface area contributed by atoms with Crippen molar-refractivity contribution in [2.24, 2.45) is 0 Å². The minimum Gasteiger partial charge on any atom is -0.495 e. The van der Waals surface area contributed by atoms with E-state index in [9.17, 15) is 4.79 Å². The Morgan fingerprint density at radius 1 is 1.04 bits per heavy atom. The van der Waals surface area contributed by atoms with Crippen molar-refractivity contribution in [3.63, 3.8) is 0 Å². The van der Waals surface area contributed by atoms with E-state index < -0.39 is 0 Å². The lowest BCUT2D eigenvalue weighted by Crippen LogP contribution is -2.13. The van der Waals surface area contributed by atoms with E-state index in [0.29, 0.717) is 40.1 Å². The van der Waals surface area contributed by atoms with Crippen molar-refractivity contribution in [2.75, 3.05) is 19.5 Å². The Hall–Kier alpha value is -1.91. The zero-order valence-corrected chi connectivity index (χ0v) is 15.3. The van der Waals surface area contributed by atoms with Crippen molar-refractivity contribution in [3.05, 3.63) is 51.5 Å². The molecule has 2 aromatic rings. The van der Waals surface area contributed by atoms with Gasteiger partial charge in [0.2, 0.25) is 5.91 Å². The number of aryl methyl sites for hydroxylation is 2. The highest BCUT2D eigenvalue weighted by Gasteiger charge is 2.12. The molecule has 2 rings (SSSR count). The first-order chi connectivity index (χ1) is 11.4. The Labute approximate surface area is 151 Å². The predicted octanol–water partition coefficient (Wildman–Crippen LogP) is 4.89. The molecule has 4 nitrogen and oxygen atoms in total. The summed E-state index contributed by atoms with van der Waals surface area (Å²) in [6.07, 6.45) is 0.923. The summed E-state index contributed by atoms with van der Waals surface area (Å²) in [6, 6.07) is 9.05. The number of nitrogens with one attached hydrogen (secondary N) is 1. The molecular formula is C18H19Cl2NO3. The van der Waals surface area contributed by atoms with E-state index in [-0.39, 0.29) is 5.91 Å². The minimum atomic E-state index is -0.130. The number of methoxy groups -OCH3 is 2. The van der Waals surface area contributed by atoms with Crippen LogP contribution in [-0.2, 0) is 11.2 Å². The van der Waals surface area contributed by atoms with E-state index in [1.165, 1.54) is 14.2 Å². The molecule has 0 bridgehead atoms. The van der Waals surface area contributed by atoms with Crippen LogP contribution in [0.25, 0.3) is 0 Å². The van der Waals surface area contributed by atoms with Gasteiger partial charge < -0.3 is 14.8 Å². The fourth-order valence-corrected chi connectivity index (χ4v) is 2.65. The lowest BCUT2D eigenvalue weighted by Gasteiger charge is -2.13. The van der Waals surface area contributed by atoms with Gasteiger partial charge in [-0.25, -0.2) is 0 Å². The van der Waals surface area contributed by atoms with E-state index >= 15 is 0 Å². The molecule has 0 unspecified atom stereocenters. The van der Waals surface area contributed by atoms with Crippen LogP contribution >= 0.6 is 23.2 Å². The molecule has 2 aromatic carbocycles. The van der Waals surface area contributed by atoms with Gasteiger partial charge in [-0.2, -0.15) is 0 Å². The van der Waals surface area contributed by atoms with Crippen molar-refractivity contribution in [1.29, 1.82) is 0 Å². The van der Waals surface area contributed by atoms with Crippen LogP contribution in [0.1, 0.15) is 17.5 Å². The van der Waals surface area contributed by atoms with Crippen molar-refractivity contribution in [2.45, 2.75) is 19.8 Å². The monoisotopic (exact) mass is 367 g/mol. The van der Waals surface area contributed by atoms with E-state index in [2.05, 4.69) is 5.32 Å². The fourth-order valence-electron chi connectivity index (χ4n) is 2.22. The Balaban J connectivity index is 2.05. The van der Waals surface area contributed by atoms with Gasteiger partial charge in [0, 0.05) is 23.6 Å². The molecule has 0 radical (unpaired) electrons. The lowest BCUT2D eigenvalue weighted by molar-refractivity contribution is -0.116. The Morgan fingerprint density at radius 2 is 1.75 bits per heavy atom. The summed E-state index contributed by atoms with van der Waals surface area (Å²) in [4.78, 5) is 12.2. The summed E-state index contributed by atoms with van der Waals surface area (Å²) in [6.45, 7) is 1.94. The topological polar surface area (TPSA) is 47.6 Å². The zero-order valence-electron chi connectivity index (χ0n) is 13.8. The number of hydrogen-bond acceptors (Lipinski definition) is 3. The lowest BCUT2D eigenvalue weighted by atomic mass is 10.1. The minimum absolute atomic E-state index is 0.130. The first-order valence-electron chi connectivity index (χ1n) is 7.41. The number of carbonyl (C=O) groups is 1. The average Bonchev–Trinajstić information content (AvgIpc) is 2.57. The Kier molecular flexibility index (Phi) is 6.35. The second-order valence-corrected chi connectivity index (χ2v) is 6.13. The van der Waals surface area contributed by atoms with Gasteiger partial charge in [0.15, 0.2) is 0 Å². The first-order valence-corrected chi connectivity index (χ1v) is 8.16. The number of ether oxygens (including phenoxy) is 2. The summed E-state index contributed by atoms with van der Waals surface area (Å²) in [5.41, 5.74) is 2.55. The number of rotatable bonds is 6. The molecule has 0 aliphatic heterocycles. The van der Waals surface area contributed by atoms with Gasteiger partial charge in [0.05, 0.1) is 24.9 Å². The van der Waals surface area contributed by atoms with Crippen LogP contribution in [0.5, 0.6) is 11.5 Å². The highest BCUT2D eigenvalue weighted by molar-refractivity contribution is 6.32. The predicted molar refractivity (Wildman–Crippen MR) is 97.7 cm³/mol. The van der Waals surface area contributed by atoms with Gasteiger partial charge in [-0.1, -0.05) is 35.3 Å². The summed E-state index contributed by atoms with van der Waals surface area (Å²) < 4.78 is 10.4. The number of benzene rings is 2. The number of anilines is 1. The van der Waals surface area contributed by atoms with Gasteiger partial charge in [0.25, 0.3) is 0 Å². The van der Waals surface area contributed by atoms with Crippen LogP contribution in [-0.4, -0.2) is 20.1 Å². The van der Waals surface area contributed by atoms with Crippen molar-refractivity contribution in [3.8, 4) is 11.5 Å². The molecule has 0 aliphatic rings. The van der Waals surface area contributed by atoms with Gasteiger partial charge in [-0.05, 0) is 30.5 Å². The molecular weight excluding hydrogens is 349 g/mol. The Bertz CT molecular complexity index is 747. The molecule has 0 atom stereocenters. The van der Waals surface area contributed by atoms with Crippen molar-refractivity contribution < 1.29 is 14.3 Å². The van der Waals surface area contributed by atoms with Gasteiger partial charge >= 0.3 is 0 Å². The van der Waals surface area contributed by atoms with Gasteiger partial charge in [-0.15, -0.1) is 0 Å². The highest BCUT2D eigenvalue weighted by atomic mass is 35.5. The number of amides is 1. The van der Waals surface area contributed by atoms with E-state index in [1.54, 1.807) is 12.1 Å². The Morgan fingerprint density at radius 3 is 2.38 bits per heavy atom. The van der Waals surface area contributed by atoms with Crippen LogP contribution < -0.4 is 14.8 Å². The van der Waals surface area contributed by atoms with E-state index in [1.807, 2.05) is 25.1 Å². The molecule has 6 heteroatoms. The summed E-state index contributed by atoms with van der Waals surface area (Å²) in [7, 11) is 3.03. The van der Waals surface area contributed by atoms with Crippen LogP contribution in [0.4, 0.5) is 5.69 Å². The molecule has 0 fully saturated rings. The van der Waals surface area contributed by atoms with Crippen LogP contribution in [0.15, 0.2) is 30.3 Å². The maximum atomic E-state index is 12.2. The fraction of sp³-hybridized carbons (Fsp3) is 0.278. The number of hydrogen-bond donors (Lipinski definition) is 1.